The number of ether oxygens (including phenoxy) is 2. The van der Waals surface area contributed by atoms with E-state index in [1.54, 1.807) is 7.11 Å². The number of piperazine rings is 1. The van der Waals surface area contributed by atoms with E-state index in [-0.39, 0.29) is 24.8 Å². The van der Waals surface area contributed by atoms with E-state index in [0.717, 1.165) is 64.7 Å². The van der Waals surface area contributed by atoms with Crippen LogP contribution in [0, 0.1) is 5.41 Å². The molecule has 190 valence electrons. The summed E-state index contributed by atoms with van der Waals surface area (Å²) >= 11 is 0. The molecule has 0 amide bonds. The first kappa shape index (κ1) is 28.4. The summed E-state index contributed by atoms with van der Waals surface area (Å²) < 4.78 is 11.6. The minimum atomic E-state index is -0.498. The number of benzene rings is 1. The number of nitrogens with zero attached hydrogens (tertiary/aromatic N) is 2. The summed E-state index contributed by atoms with van der Waals surface area (Å²) in [6.45, 7) is 10.6. The van der Waals surface area contributed by atoms with E-state index in [2.05, 4.69) is 32.6 Å². The van der Waals surface area contributed by atoms with Crippen molar-refractivity contribution in [3.63, 3.8) is 0 Å². The van der Waals surface area contributed by atoms with Gasteiger partial charge >= 0.3 is 0 Å². The monoisotopic (exact) mass is 504 g/mol. The van der Waals surface area contributed by atoms with E-state index in [9.17, 15) is 5.11 Å². The molecule has 1 spiro atoms. The molecule has 4 rings (SSSR count). The number of hydrogen-bond acceptors (Lipinski definition) is 7. The predicted molar refractivity (Wildman–Crippen MR) is 137 cm³/mol. The van der Waals surface area contributed by atoms with E-state index in [4.69, 9.17) is 9.47 Å². The smallest absolute Gasteiger partial charge is 0.161 e. The molecule has 3 heterocycles. The van der Waals surface area contributed by atoms with Gasteiger partial charge in [-0.05, 0) is 68.4 Å². The van der Waals surface area contributed by atoms with Crippen molar-refractivity contribution in [2.24, 2.45) is 5.41 Å². The fourth-order valence-electron chi connectivity index (χ4n) is 5.42. The minimum Gasteiger partial charge on any atom is -0.493 e. The molecule has 1 unspecified atom stereocenters. The molecular weight excluding hydrogens is 463 g/mol. The van der Waals surface area contributed by atoms with Crippen LogP contribution in [0.2, 0.25) is 0 Å². The highest BCUT2D eigenvalue weighted by molar-refractivity contribution is 5.85. The van der Waals surface area contributed by atoms with Gasteiger partial charge in [0.15, 0.2) is 11.5 Å². The number of nitrogens with one attached hydrogen (secondary N) is 2. The fraction of sp³-hybridized carbons (Fsp3) is 0.750. The van der Waals surface area contributed by atoms with Gasteiger partial charge in [0.05, 0.1) is 7.11 Å². The molecule has 33 heavy (non-hydrogen) atoms. The Morgan fingerprint density at radius 1 is 0.970 bits per heavy atom. The van der Waals surface area contributed by atoms with Gasteiger partial charge < -0.3 is 30.1 Å². The van der Waals surface area contributed by atoms with Crippen molar-refractivity contribution in [1.29, 1.82) is 0 Å². The highest BCUT2D eigenvalue weighted by Crippen LogP contribution is 2.38. The Labute approximate surface area is 211 Å². The predicted octanol–water partition coefficient (Wildman–Crippen LogP) is 2.15. The van der Waals surface area contributed by atoms with Crippen LogP contribution in [-0.2, 0) is 6.54 Å². The largest absolute Gasteiger partial charge is 0.493 e. The first-order valence-corrected chi connectivity index (χ1v) is 12.0. The van der Waals surface area contributed by atoms with Gasteiger partial charge in [0, 0.05) is 45.8 Å². The molecule has 7 nitrogen and oxygen atoms in total. The summed E-state index contributed by atoms with van der Waals surface area (Å²) in [5.41, 5.74) is 1.68. The number of likely N-dealkylation sites (tertiary alicyclic amines) is 1. The zero-order chi connectivity index (χ0) is 21.5. The molecule has 3 aliphatic heterocycles. The molecule has 9 heteroatoms. The second-order valence-electron chi connectivity index (χ2n) is 9.56. The Bertz CT molecular complexity index is 695. The Balaban J connectivity index is 0.00000193. The molecular formula is C24H42Cl2N4O3. The zero-order valence-corrected chi connectivity index (χ0v) is 21.5. The number of methoxy groups -OCH3 is 1. The van der Waals surface area contributed by atoms with Crippen molar-refractivity contribution in [3.8, 4) is 11.5 Å². The van der Waals surface area contributed by atoms with Gasteiger partial charge in [0.25, 0.3) is 0 Å². The quantitative estimate of drug-likeness (QED) is 0.500. The van der Waals surface area contributed by atoms with Crippen LogP contribution in [0.25, 0.3) is 0 Å². The second-order valence-corrected chi connectivity index (χ2v) is 9.56. The number of halogens is 2. The molecule has 0 aliphatic carbocycles. The standard InChI is InChI=1S/C24H40N4O3.2ClH/c1-30-23-15-20(16-27-13-10-26-11-14-27)3-4-22(23)31-18-21(29)17-28-12-2-5-24(19-28)6-8-25-9-7-24;;/h3-4,15,21,25-26,29H,2,5-14,16-19H2,1H3;2*1H. The highest BCUT2D eigenvalue weighted by atomic mass is 35.5. The maximum atomic E-state index is 10.7. The molecule has 0 bridgehead atoms. The van der Waals surface area contributed by atoms with Gasteiger partial charge in [-0.15, -0.1) is 24.8 Å². The maximum absolute atomic E-state index is 10.7. The number of β-amino-alcohol motifs (C(OH)–C–C–N with tert-alkyl or cyclic N) is 1. The van der Waals surface area contributed by atoms with Crippen molar-refractivity contribution >= 4 is 24.8 Å². The van der Waals surface area contributed by atoms with Crippen LogP contribution in [0.5, 0.6) is 11.5 Å². The molecule has 0 radical (unpaired) electrons. The molecule has 1 atom stereocenters. The Hall–Kier alpha value is -0.800. The highest BCUT2D eigenvalue weighted by Gasteiger charge is 2.36. The third-order valence-electron chi connectivity index (χ3n) is 7.15. The second kappa shape index (κ2) is 13.9. The average Bonchev–Trinajstić information content (AvgIpc) is 2.79. The van der Waals surface area contributed by atoms with Gasteiger partial charge in [0.1, 0.15) is 12.7 Å². The third-order valence-corrected chi connectivity index (χ3v) is 7.15. The summed E-state index contributed by atoms with van der Waals surface area (Å²) in [5.74, 6) is 1.45. The maximum Gasteiger partial charge on any atom is 0.161 e. The van der Waals surface area contributed by atoms with Crippen molar-refractivity contribution in [1.82, 2.24) is 20.4 Å². The van der Waals surface area contributed by atoms with Crippen LogP contribution in [0.15, 0.2) is 18.2 Å². The van der Waals surface area contributed by atoms with Crippen LogP contribution in [0.4, 0.5) is 0 Å². The number of rotatable bonds is 8. The van der Waals surface area contributed by atoms with E-state index < -0.39 is 6.10 Å². The molecule has 3 N–H and O–H groups in total. The molecule has 1 aromatic carbocycles. The van der Waals surface area contributed by atoms with Crippen LogP contribution in [0.3, 0.4) is 0 Å². The van der Waals surface area contributed by atoms with Crippen molar-refractivity contribution in [3.05, 3.63) is 23.8 Å². The first-order chi connectivity index (χ1) is 15.2. The first-order valence-electron chi connectivity index (χ1n) is 12.0. The lowest BCUT2D eigenvalue weighted by Gasteiger charge is -2.45. The van der Waals surface area contributed by atoms with Gasteiger partial charge in [-0.25, -0.2) is 0 Å². The van der Waals surface area contributed by atoms with Crippen LogP contribution in [0.1, 0.15) is 31.2 Å². The lowest BCUT2D eigenvalue weighted by molar-refractivity contribution is 0.0141. The van der Waals surface area contributed by atoms with Gasteiger partial charge in [-0.3, -0.25) is 4.90 Å². The molecule has 3 aliphatic rings. The van der Waals surface area contributed by atoms with E-state index in [1.165, 1.54) is 31.2 Å². The zero-order valence-electron chi connectivity index (χ0n) is 19.9. The van der Waals surface area contributed by atoms with Crippen molar-refractivity contribution < 1.29 is 14.6 Å². The van der Waals surface area contributed by atoms with E-state index in [0.29, 0.717) is 24.3 Å². The number of piperidine rings is 2. The third kappa shape index (κ3) is 8.13. The van der Waals surface area contributed by atoms with E-state index in [1.807, 2.05) is 6.07 Å². The lowest BCUT2D eigenvalue weighted by Crippen LogP contribution is -2.50. The molecule has 0 aromatic heterocycles. The Morgan fingerprint density at radius 3 is 2.42 bits per heavy atom. The molecule has 1 aromatic rings. The molecule has 0 saturated carbocycles. The SMILES string of the molecule is COc1cc(CN2CCNCC2)ccc1OCC(O)CN1CCCC2(CCNCC2)C1.Cl.Cl. The van der Waals surface area contributed by atoms with E-state index >= 15 is 0 Å². The summed E-state index contributed by atoms with van der Waals surface area (Å²) in [4.78, 5) is 4.89. The summed E-state index contributed by atoms with van der Waals surface area (Å²) in [5, 5.41) is 17.5. The Kier molecular flexibility index (Phi) is 12.0. The van der Waals surface area contributed by atoms with Crippen molar-refractivity contribution in [2.75, 3.05) is 72.6 Å². The number of hydrogen-bond donors (Lipinski definition) is 3. The normalized spacial score (nSPS) is 22.1. The van der Waals surface area contributed by atoms with Crippen LogP contribution < -0.4 is 20.1 Å². The summed E-state index contributed by atoms with van der Waals surface area (Å²) in [6.07, 6.45) is 4.58. The van der Waals surface area contributed by atoms with Crippen LogP contribution in [-0.4, -0.2) is 93.6 Å². The summed E-state index contributed by atoms with van der Waals surface area (Å²) in [7, 11) is 1.68. The molecule has 3 saturated heterocycles. The fourth-order valence-corrected chi connectivity index (χ4v) is 5.42. The minimum absolute atomic E-state index is 0. The van der Waals surface area contributed by atoms with Gasteiger partial charge in [-0.1, -0.05) is 6.07 Å². The van der Waals surface area contributed by atoms with Crippen LogP contribution >= 0.6 is 24.8 Å². The van der Waals surface area contributed by atoms with Gasteiger partial charge in [-0.2, -0.15) is 0 Å². The Morgan fingerprint density at radius 2 is 1.70 bits per heavy atom. The molecule has 3 fully saturated rings. The van der Waals surface area contributed by atoms with Crippen molar-refractivity contribution in [2.45, 2.75) is 38.3 Å². The average molecular weight is 506 g/mol. The lowest BCUT2D eigenvalue weighted by atomic mass is 9.73. The summed E-state index contributed by atoms with van der Waals surface area (Å²) in [6, 6.07) is 6.15. The topological polar surface area (TPSA) is 69.2 Å². The number of aliphatic hydroxyl groups is 1. The van der Waals surface area contributed by atoms with Gasteiger partial charge in [0.2, 0.25) is 0 Å². The number of aliphatic hydroxyl groups excluding tert-OH is 1.